The maximum atomic E-state index is 12.4. The van der Waals surface area contributed by atoms with E-state index in [0.717, 1.165) is 7.11 Å². The number of rotatable bonds is 10. The van der Waals surface area contributed by atoms with Crippen molar-refractivity contribution < 1.29 is 38.7 Å². The fraction of sp³-hybridized carbons (Fsp3) is 0.259. The predicted molar refractivity (Wildman–Crippen MR) is 141 cm³/mol. The Kier molecular flexibility index (Phi) is 11.8. The average Bonchev–Trinajstić information content (AvgIpc) is 2.99. The zero-order chi connectivity index (χ0) is 29.7. The molecule has 0 aromatic heterocycles. The van der Waals surface area contributed by atoms with E-state index in [-0.39, 0.29) is 18.7 Å². The Hall–Kier alpha value is -5.22. The molecule has 0 aliphatic carbocycles. The Balaban J connectivity index is 1.98. The molecule has 13 nitrogen and oxygen atoms in total. The number of carbonyl (C=O) groups is 6. The van der Waals surface area contributed by atoms with Gasteiger partial charge in [-0.15, -0.1) is 0 Å². The molecular formula is C27H29N5O8. The smallest absolute Gasteiger partial charge is 0.320 e. The van der Waals surface area contributed by atoms with Gasteiger partial charge in [0.2, 0.25) is 11.8 Å². The van der Waals surface area contributed by atoms with Gasteiger partial charge in [-0.1, -0.05) is 11.8 Å². The molecule has 5 amide bonds. The normalized spacial score (nSPS) is 11.4. The lowest BCUT2D eigenvalue weighted by atomic mass is 10.1. The van der Waals surface area contributed by atoms with Gasteiger partial charge in [-0.3, -0.25) is 34.0 Å². The summed E-state index contributed by atoms with van der Waals surface area (Å²) in [7, 11) is 3.86. The van der Waals surface area contributed by atoms with E-state index in [2.05, 4.69) is 37.8 Å². The van der Waals surface area contributed by atoms with E-state index in [1.165, 1.54) is 31.7 Å². The van der Waals surface area contributed by atoms with Crippen molar-refractivity contribution in [2.75, 3.05) is 34.3 Å². The van der Waals surface area contributed by atoms with Gasteiger partial charge in [0.05, 0.1) is 7.11 Å². The highest BCUT2D eigenvalue weighted by atomic mass is 16.5. The highest BCUT2D eigenvalue weighted by Crippen LogP contribution is 2.07. The second-order valence-corrected chi connectivity index (χ2v) is 8.16. The SMILES string of the molecule is CNC(=O)C(CNC(=O)c1ccc(C#Cc2ccc(C(=O)NCC(C(=O)NC)C(=O)OC)cc2)cc1)C(=O)NO. The Bertz CT molecular complexity index is 1180. The summed E-state index contributed by atoms with van der Waals surface area (Å²) in [6, 6.07) is 12.6. The van der Waals surface area contributed by atoms with Crippen molar-refractivity contribution in [2.24, 2.45) is 11.8 Å². The van der Waals surface area contributed by atoms with Crippen molar-refractivity contribution in [3.05, 3.63) is 70.8 Å². The second kappa shape index (κ2) is 15.3. The number of hydrogen-bond acceptors (Lipinski definition) is 8. The second-order valence-electron chi connectivity index (χ2n) is 8.16. The van der Waals surface area contributed by atoms with Crippen molar-refractivity contribution in [3.8, 4) is 11.8 Å². The van der Waals surface area contributed by atoms with E-state index >= 15 is 0 Å². The minimum absolute atomic E-state index is 0.229. The number of carbonyl (C=O) groups excluding carboxylic acids is 6. The van der Waals surface area contributed by atoms with Crippen LogP contribution in [0.4, 0.5) is 0 Å². The summed E-state index contributed by atoms with van der Waals surface area (Å²) in [4.78, 5) is 71.8. The summed E-state index contributed by atoms with van der Waals surface area (Å²) in [5.41, 5.74) is 3.18. The monoisotopic (exact) mass is 551 g/mol. The third-order valence-corrected chi connectivity index (χ3v) is 5.62. The first-order valence-corrected chi connectivity index (χ1v) is 11.9. The van der Waals surface area contributed by atoms with Crippen molar-refractivity contribution >= 4 is 35.5 Å². The molecule has 2 rings (SSSR count). The van der Waals surface area contributed by atoms with Crippen LogP contribution < -0.4 is 26.7 Å². The van der Waals surface area contributed by atoms with Gasteiger partial charge in [0, 0.05) is 49.4 Å². The largest absolute Gasteiger partial charge is 0.468 e. The van der Waals surface area contributed by atoms with Crippen LogP contribution in [0.25, 0.3) is 0 Å². The van der Waals surface area contributed by atoms with Crippen LogP contribution in [0, 0.1) is 23.7 Å². The van der Waals surface area contributed by atoms with Crippen molar-refractivity contribution in [1.82, 2.24) is 26.7 Å². The van der Waals surface area contributed by atoms with Gasteiger partial charge >= 0.3 is 5.97 Å². The number of methoxy groups -OCH3 is 1. The molecule has 40 heavy (non-hydrogen) atoms. The zero-order valence-electron chi connectivity index (χ0n) is 22.0. The first-order chi connectivity index (χ1) is 19.1. The molecule has 210 valence electrons. The van der Waals surface area contributed by atoms with Gasteiger partial charge in [0.15, 0.2) is 5.92 Å². The quantitative estimate of drug-likeness (QED) is 0.0708. The summed E-state index contributed by atoms with van der Waals surface area (Å²) < 4.78 is 4.59. The summed E-state index contributed by atoms with van der Waals surface area (Å²) in [6.07, 6.45) is 0. The van der Waals surface area contributed by atoms with Crippen LogP contribution in [0.3, 0.4) is 0 Å². The Morgan fingerprint density at radius 3 is 1.48 bits per heavy atom. The van der Waals surface area contributed by atoms with Gasteiger partial charge in [-0.2, -0.15) is 0 Å². The van der Waals surface area contributed by atoms with Crippen LogP contribution in [0.2, 0.25) is 0 Å². The fourth-order valence-corrected chi connectivity index (χ4v) is 3.30. The molecule has 2 atom stereocenters. The van der Waals surface area contributed by atoms with E-state index in [1.54, 1.807) is 36.4 Å². The number of hydroxylamine groups is 1. The molecule has 6 N–H and O–H groups in total. The lowest BCUT2D eigenvalue weighted by Gasteiger charge is -2.14. The maximum absolute atomic E-state index is 12.4. The Morgan fingerprint density at radius 1 is 0.700 bits per heavy atom. The first kappa shape index (κ1) is 31.0. The van der Waals surface area contributed by atoms with Crippen LogP contribution in [-0.2, 0) is 23.9 Å². The number of amides is 5. The van der Waals surface area contributed by atoms with Crippen molar-refractivity contribution in [2.45, 2.75) is 0 Å². The molecule has 0 aliphatic heterocycles. The molecule has 0 aliphatic rings. The van der Waals surface area contributed by atoms with E-state index in [1.807, 2.05) is 0 Å². The third-order valence-electron chi connectivity index (χ3n) is 5.62. The van der Waals surface area contributed by atoms with E-state index in [0.29, 0.717) is 16.7 Å². The molecular weight excluding hydrogens is 522 g/mol. The van der Waals surface area contributed by atoms with Crippen LogP contribution in [-0.4, -0.2) is 75.0 Å². The lowest BCUT2D eigenvalue weighted by Crippen LogP contribution is -2.45. The summed E-state index contributed by atoms with van der Waals surface area (Å²) in [6.45, 7) is -0.548. The molecule has 2 aromatic rings. The molecule has 13 heteroatoms. The molecule has 0 bridgehead atoms. The topological polar surface area (TPSA) is 192 Å². The van der Waals surface area contributed by atoms with E-state index in [9.17, 15) is 28.8 Å². The van der Waals surface area contributed by atoms with Crippen molar-refractivity contribution in [1.29, 1.82) is 0 Å². The highest BCUT2D eigenvalue weighted by Gasteiger charge is 2.28. The van der Waals surface area contributed by atoms with Gasteiger partial charge < -0.3 is 26.0 Å². The van der Waals surface area contributed by atoms with Crippen LogP contribution in [0.15, 0.2) is 48.5 Å². The van der Waals surface area contributed by atoms with Gasteiger partial charge in [-0.05, 0) is 48.5 Å². The van der Waals surface area contributed by atoms with Crippen LogP contribution in [0.5, 0.6) is 0 Å². The molecule has 0 fully saturated rings. The summed E-state index contributed by atoms with van der Waals surface area (Å²) in [5, 5.41) is 18.4. The van der Waals surface area contributed by atoms with Gasteiger partial charge in [0.1, 0.15) is 5.92 Å². The molecule has 0 saturated carbocycles. The van der Waals surface area contributed by atoms with E-state index < -0.39 is 47.3 Å². The molecule has 0 spiro atoms. The van der Waals surface area contributed by atoms with Crippen molar-refractivity contribution in [3.63, 3.8) is 0 Å². The van der Waals surface area contributed by atoms with Crippen LogP contribution in [0.1, 0.15) is 31.8 Å². The Labute approximate surface area is 230 Å². The zero-order valence-corrected chi connectivity index (χ0v) is 22.0. The van der Waals surface area contributed by atoms with Gasteiger partial charge in [-0.25, -0.2) is 5.48 Å². The number of hydrogen-bond donors (Lipinski definition) is 6. The molecule has 0 radical (unpaired) electrons. The maximum Gasteiger partial charge on any atom is 0.320 e. The van der Waals surface area contributed by atoms with Gasteiger partial charge in [0.25, 0.3) is 17.7 Å². The third kappa shape index (κ3) is 8.67. The first-order valence-electron chi connectivity index (χ1n) is 11.9. The molecule has 2 unspecified atom stereocenters. The number of benzene rings is 2. The highest BCUT2D eigenvalue weighted by molar-refractivity contribution is 6.01. The predicted octanol–water partition coefficient (Wildman–Crippen LogP) is -1.05. The standard InChI is InChI=1S/C27H29N5O8/c1-28-24(35)20(26(37)32-39)14-30-22(33)18-10-6-16(7-11-18)4-5-17-8-12-19(13-9-17)23(34)31-15-21(25(36)29-2)27(38)40-3/h6-13,20-21,39H,14-15H2,1-3H3,(H,28,35)(H,29,36)(H,30,33)(H,31,34)(H,32,37). The Morgan fingerprint density at radius 2 is 1.10 bits per heavy atom. The minimum atomic E-state index is -1.30. The lowest BCUT2D eigenvalue weighted by molar-refractivity contribution is -0.149. The number of ether oxygens (including phenoxy) is 1. The summed E-state index contributed by atoms with van der Waals surface area (Å²) >= 11 is 0. The minimum Gasteiger partial charge on any atom is -0.468 e. The number of esters is 1. The van der Waals surface area contributed by atoms with E-state index in [4.69, 9.17) is 5.21 Å². The molecule has 0 heterocycles. The average molecular weight is 552 g/mol. The molecule has 2 aromatic carbocycles. The number of nitrogens with one attached hydrogen (secondary N) is 5. The summed E-state index contributed by atoms with van der Waals surface area (Å²) in [5.74, 6) is -0.566. The molecule has 0 saturated heterocycles. The fourth-order valence-electron chi connectivity index (χ4n) is 3.30. The van der Waals surface area contributed by atoms with Crippen LogP contribution >= 0.6 is 0 Å².